The van der Waals surface area contributed by atoms with Crippen molar-refractivity contribution in [2.24, 2.45) is 0 Å². The summed E-state index contributed by atoms with van der Waals surface area (Å²) in [4.78, 5) is 16.0. The molecular weight excluding hydrogens is 354 g/mol. The second kappa shape index (κ2) is 9.39. The normalized spacial score (nSPS) is 15.6. The third kappa shape index (κ3) is 7.01. The van der Waals surface area contributed by atoms with Gasteiger partial charge in [0.15, 0.2) is 11.6 Å². The van der Waals surface area contributed by atoms with Crippen LogP contribution in [0.4, 0.5) is 9.18 Å². The summed E-state index contributed by atoms with van der Waals surface area (Å²) in [5.74, 6) is -0.527. The highest BCUT2D eigenvalue weighted by Gasteiger charge is 2.25. The second-order valence-electron chi connectivity index (χ2n) is 7.57. The molecule has 1 aromatic rings. The monoisotopic (exact) mass is 382 g/mol. The molecule has 7 nitrogen and oxygen atoms in total. The van der Waals surface area contributed by atoms with Crippen LogP contribution in [0.1, 0.15) is 27.2 Å². The minimum Gasteiger partial charge on any atom is -0.490 e. The Morgan fingerprint density at radius 2 is 1.89 bits per heavy atom. The highest BCUT2D eigenvalue weighted by atomic mass is 19.1. The van der Waals surface area contributed by atoms with Crippen LogP contribution in [0.15, 0.2) is 18.2 Å². The molecule has 0 radical (unpaired) electrons. The number of amides is 1. The molecule has 0 aromatic heterocycles. The highest BCUT2D eigenvalue weighted by Crippen LogP contribution is 2.15. The van der Waals surface area contributed by atoms with Crippen LogP contribution < -0.4 is 10.2 Å². The first kappa shape index (κ1) is 21.5. The maximum Gasteiger partial charge on any atom is 0.488 e. The molecule has 0 bridgehead atoms. The van der Waals surface area contributed by atoms with Gasteiger partial charge in [-0.15, -0.1) is 0 Å². The summed E-state index contributed by atoms with van der Waals surface area (Å²) in [6, 6.07) is 3.86. The molecule has 0 atom stereocenters. The van der Waals surface area contributed by atoms with Crippen molar-refractivity contribution in [2.75, 3.05) is 39.3 Å². The van der Waals surface area contributed by atoms with Crippen molar-refractivity contribution < 1.29 is 28.7 Å². The summed E-state index contributed by atoms with van der Waals surface area (Å²) in [6.45, 7) is 9.45. The van der Waals surface area contributed by atoms with Crippen molar-refractivity contribution in [1.29, 1.82) is 0 Å². The summed E-state index contributed by atoms with van der Waals surface area (Å²) >= 11 is 0. The lowest BCUT2D eigenvalue weighted by molar-refractivity contribution is 0.0142. The van der Waals surface area contributed by atoms with Gasteiger partial charge in [0.1, 0.15) is 5.60 Å². The molecule has 0 saturated carbocycles. The molecule has 2 rings (SSSR count). The fourth-order valence-electron chi connectivity index (χ4n) is 2.75. The van der Waals surface area contributed by atoms with E-state index in [0.717, 1.165) is 32.1 Å². The number of hydrogen-bond acceptors (Lipinski definition) is 6. The maximum atomic E-state index is 13.8. The van der Waals surface area contributed by atoms with Crippen LogP contribution in [0.3, 0.4) is 0 Å². The van der Waals surface area contributed by atoms with Crippen LogP contribution in [0, 0.1) is 5.82 Å². The summed E-state index contributed by atoms with van der Waals surface area (Å²) in [5, 5.41) is 18.0. The number of halogens is 1. The van der Waals surface area contributed by atoms with Gasteiger partial charge in [-0.3, -0.25) is 4.90 Å². The zero-order chi connectivity index (χ0) is 20.0. The Morgan fingerprint density at radius 1 is 1.22 bits per heavy atom. The molecule has 1 aliphatic rings. The fourth-order valence-corrected chi connectivity index (χ4v) is 2.75. The topological polar surface area (TPSA) is 82.5 Å². The van der Waals surface area contributed by atoms with E-state index < -0.39 is 18.5 Å². The molecular formula is C18H28BFN2O5. The van der Waals surface area contributed by atoms with E-state index in [1.807, 2.05) is 20.8 Å². The molecule has 0 spiro atoms. The third-order valence-electron chi connectivity index (χ3n) is 4.15. The minimum atomic E-state index is -1.70. The Kier molecular flexibility index (Phi) is 7.46. The Labute approximate surface area is 159 Å². The molecule has 1 saturated heterocycles. The zero-order valence-electron chi connectivity index (χ0n) is 16.2. The number of nitrogens with zero attached hydrogens (tertiary/aromatic N) is 2. The zero-order valence-corrected chi connectivity index (χ0v) is 16.2. The van der Waals surface area contributed by atoms with E-state index in [4.69, 9.17) is 19.5 Å². The van der Waals surface area contributed by atoms with Gasteiger partial charge in [-0.05, 0) is 44.8 Å². The van der Waals surface area contributed by atoms with Crippen LogP contribution in [-0.4, -0.2) is 78.0 Å². The molecule has 1 aromatic carbocycles. The SMILES string of the molecule is CC(C)(C)OC(=O)N1CCN(CCCOc2ccc(B(O)O)cc2F)CC1. The average molecular weight is 382 g/mol. The van der Waals surface area contributed by atoms with Gasteiger partial charge in [0.25, 0.3) is 0 Å². The van der Waals surface area contributed by atoms with Crippen LogP contribution in [0.25, 0.3) is 0 Å². The predicted molar refractivity (Wildman–Crippen MR) is 101 cm³/mol. The number of ether oxygens (including phenoxy) is 2. The first-order chi connectivity index (χ1) is 12.7. The van der Waals surface area contributed by atoms with Crippen molar-refractivity contribution in [3.63, 3.8) is 0 Å². The van der Waals surface area contributed by atoms with Crippen molar-refractivity contribution in [1.82, 2.24) is 9.80 Å². The lowest BCUT2D eigenvalue weighted by atomic mass is 9.80. The van der Waals surface area contributed by atoms with Crippen LogP contribution in [-0.2, 0) is 4.74 Å². The molecule has 1 heterocycles. The average Bonchev–Trinajstić information content (AvgIpc) is 2.58. The van der Waals surface area contributed by atoms with E-state index in [-0.39, 0.29) is 17.3 Å². The molecule has 27 heavy (non-hydrogen) atoms. The van der Waals surface area contributed by atoms with E-state index in [0.29, 0.717) is 19.7 Å². The standard InChI is InChI=1S/C18H28BFN2O5/c1-18(2,3)27-17(23)22-10-8-21(9-11-22)7-4-12-26-16-6-5-14(19(24)25)13-15(16)20/h5-6,13,24-25H,4,7-12H2,1-3H3. The van der Waals surface area contributed by atoms with E-state index in [1.165, 1.54) is 12.1 Å². The number of benzene rings is 1. The first-order valence-electron chi connectivity index (χ1n) is 9.14. The number of carbonyl (C=O) groups is 1. The third-order valence-corrected chi connectivity index (χ3v) is 4.15. The Bertz CT molecular complexity index is 631. The molecule has 2 N–H and O–H groups in total. The van der Waals surface area contributed by atoms with Gasteiger partial charge in [0, 0.05) is 32.7 Å². The van der Waals surface area contributed by atoms with Crippen molar-refractivity contribution in [3.05, 3.63) is 24.0 Å². The smallest absolute Gasteiger partial charge is 0.488 e. The van der Waals surface area contributed by atoms with Crippen LogP contribution in [0.5, 0.6) is 5.75 Å². The van der Waals surface area contributed by atoms with E-state index in [1.54, 1.807) is 4.90 Å². The summed E-state index contributed by atoms with van der Waals surface area (Å²) in [7, 11) is -1.70. The summed E-state index contributed by atoms with van der Waals surface area (Å²) < 4.78 is 24.6. The number of piperazine rings is 1. The van der Waals surface area contributed by atoms with Gasteiger partial charge in [-0.25, -0.2) is 9.18 Å². The van der Waals surface area contributed by atoms with E-state index >= 15 is 0 Å². The number of carbonyl (C=O) groups excluding carboxylic acids is 1. The molecule has 150 valence electrons. The molecule has 9 heteroatoms. The van der Waals surface area contributed by atoms with Gasteiger partial charge in [-0.2, -0.15) is 0 Å². The second-order valence-corrected chi connectivity index (χ2v) is 7.57. The molecule has 1 aliphatic heterocycles. The van der Waals surface area contributed by atoms with Gasteiger partial charge < -0.3 is 24.4 Å². The lowest BCUT2D eigenvalue weighted by Crippen LogP contribution is -2.50. The molecule has 1 fully saturated rings. The highest BCUT2D eigenvalue weighted by molar-refractivity contribution is 6.58. The molecule has 0 unspecified atom stereocenters. The van der Waals surface area contributed by atoms with Gasteiger partial charge in [0.05, 0.1) is 6.61 Å². The first-order valence-corrected chi connectivity index (χ1v) is 9.14. The maximum absolute atomic E-state index is 13.8. The van der Waals surface area contributed by atoms with Crippen molar-refractivity contribution >= 4 is 18.7 Å². The van der Waals surface area contributed by atoms with Crippen LogP contribution in [0.2, 0.25) is 0 Å². The molecule has 1 amide bonds. The van der Waals surface area contributed by atoms with E-state index in [9.17, 15) is 9.18 Å². The number of hydrogen-bond donors (Lipinski definition) is 2. The Hall–Kier alpha value is -1.84. The Morgan fingerprint density at radius 3 is 2.44 bits per heavy atom. The minimum absolute atomic E-state index is 0.0858. The van der Waals surface area contributed by atoms with Gasteiger partial charge in [0.2, 0.25) is 0 Å². The Balaban J connectivity index is 1.67. The van der Waals surface area contributed by atoms with E-state index in [2.05, 4.69) is 4.90 Å². The largest absolute Gasteiger partial charge is 0.490 e. The van der Waals surface area contributed by atoms with Crippen LogP contribution >= 0.6 is 0 Å². The fraction of sp³-hybridized carbons (Fsp3) is 0.611. The lowest BCUT2D eigenvalue weighted by Gasteiger charge is -2.35. The van der Waals surface area contributed by atoms with Crippen molar-refractivity contribution in [2.45, 2.75) is 32.8 Å². The summed E-state index contributed by atoms with van der Waals surface area (Å²) in [5.41, 5.74) is -0.406. The predicted octanol–water partition coefficient (Wildman–Crippen LogP) is 0.827. The van der Waals surface area contributed by atoms with Gasteiger partial charge in [-0.1, -0.05) is 6.07 Å². The van der Waals surface area contributed by atoms with Gasteiger partial charge >= 0.3 is 13.2 Å². The summed E-state index contributed by atoms with van der Waals surface area (Å²) in [6.07, 6.45) is 0.438. The van der Waals surface area contributed by atoms with Crippen molar-refractivity contribution in [3.8, 4) is 5.75 Å². The number of rotatable bonds is 6. The molecule has 0 aliphatic carbocycles. The quantitative estimate of drug-likeness (QED) is 0.560.